The third kappa shape index (κ3) is 4.48. The largest absolute Gasteiger partial charge is 0.489 e. The highest BCUT2D eigenvalue weighted by Gasteiger charge is 2.14. The van der Waals surface area contributed by atoms with Crippen molar-refractivity contribution in [1.82, 2.24) is 0 Å². The average molecular weight is 294 g/mol. The molecule has 1 aromatic carbocycles. The zero-order valence-electron chi connectivity index (χ0n) is 10.3. The Balaban J connectivity index is 0.00000289. The Labute approximate surface area is 118 Å². The first-order valence-electron chi connectivity index (χ1n) is 5.58. The fraction of sp³-hybridized carbons (Fsp3) is 0.385. The Morgan fingerprint density at radius 2 is 2.22 bits per heavy atom. The van der Waals surface area contributed by atoms with Gasteiger partial charge in [0.05, 0.1) is 11.6 Å². The van der Waals surface area contributed by atoms with Crippen molar-refractivity contribution in [2.24, 2.45) is 5.73 Å². The molecule has 0 unspecified atom stereocenters. The van der Waals surface area contributed by atoms with Crippen molar-refractivity contribution in [2.75, 3.05) is 6.61 Å². The molecule has 0 aromatic heterocycles. The predicted octanol–water partition coefficient (Wildman–Crippen LogP) is 4.27. The van der Waals surface area contributed by atoms with Crippen molar-refractivity contribution in [2.45, 2.75) is 25.8 Å². The molecule has 0 aliphatic rings. The van der Waals surface area contributed by atoms with E-state index in [4.69, 9.17) is 22.1 Å². The summed E-state index contributed by atoms with van der Waals surface area (Å²) in [5.74, 6) is -0.378. The highest BCUT2D eigenvalue weighted by atomic mass is 35.5. The van der Waals surface area contributed by atoms with Crippen LogP contribution in [0.15, 0.2) is 24.8 Å². The van der Waals surface area contributed by atoms with Crippen LogP contribution in [0.25, 0.3) is 0 Å². The van der Waals surface area contributed by atoms with Gasteiger partial charge in [-0.3, -0.25) is 0 Å². The fourth-order valence-electron chi connectivity index (χ4n) is 1.54. The highest BCUT2D eigenvalue weighted by molar-refractivity contribution is 6.32. The van der Waals surface area contributed by atoms with Crippen LogP contribution in [-0.4, -0.2) is 6.61 Å². The zero-order chi connectivity index (χ0) is 12.8. The number of rotatable bonds is 6. The molecule has 1 aromatic rings. The van der Waals surface area contributed by atoms with Crippen molar-refractivity contribution in [3.05, 3.63) is 41.2 Å². The summed E-state index contributed by atoms with van der Waals surface area (Å²) in [6, 6.07) is 2.80. The molecule has 0 fully saturated rings. The minimum Gasteiger partial charge on any atom is -0.489 e. The van der Waals surface area contributed by atoms with Gasteiger partial charge in [-0.25, -0.2) is 4.39 Å². The molecular formula is C13H18Cl2FNO. The topological polar surface area (TPSA) is 35.2 Å². The van der Waals surface area contributed by atoms with Gasteiger partial charge in [0.1, 0.15) is 0 Å². The number of hydrogen-bond donors (Lipinski definition) is 1. The van der Waals surface area contributed by atoms with E-state index in [1.54, 1.807) is 19.1 Å². The Hall–Kier alpha value is -0.770. The lowest BCUT2D eigenvalue weighted by molar-refractivity contribution is 0.321. The summed E-state index contributed by atoms with van der Waals surface area (Å²) in [6.07, 6.45) is 3.28. The quantitative estimate of drug-likeness (QED) is 0.795. The second kappa shape index (κ2) is 8.35. The number of hydrogen-bond acceptors (Lipinski definition) is 2. The lowest BCUT2D eigenvalue weighted by Crippen LogP contribution is -2.10. The van der Waals surface area contributed by atoms with Gasteiger partial charge in [-0.2, -0.15) is 0 Å². The van der Waals surface area contributed by atoms with Gasteiger partial charge in [-0.05, 0) is 37.5 Å². The van der Waals surface area contributed by atoms with Gasteiger partial charge in [0.2, 0.25) is 0 Å². The van der Waals surface area contributed by atoms with Crippen molar-refractivity contribution in [3.63, 3.8) is 0 Å². The summed E-state index contributed by atoms with van der Waals surface area (Å²) in [5.41, 5.74) is 6.61. The van der Waals surface area contributed by atoms with Gasteiger partial charge < -0.3 is 10.5 Å². The molecule has 0 saturated carbocycles. The molecule has 1 rings (SSSR count). The number of ether oxygens (including phenoxy) is 1. The van der Waals surface area contributed by atoms with E-state index in [1.807, 2.05) is 0 Å². The summed E-state index contributed by atoms with van der Waals surface area (Å²) < 4.78 is 18.8. The minimum atomic E-state index is -0.469. The van der Waals surface area contributed by atoms with Crippen molar-refractivity contribution in [3.8, 4) is 5.75 Å². The van der Waals surface area contributed by atoms with Gasteiger partial charge in [0.25, 0.3) is 0 Å². The summed E-state index contributed by atoms with van der Waals surface area (Å²) in [6.45, 7) is 5.77. The molecule has 0 aliphatic heterocycles. The Kier molecular flexibility index (Phi) is 8.00. The lowest BCUT2D eigenvalue weighted by atomic mass is 10.0. The summed E-state index contributed by atoms with van der Waals surface area (Å²) in [5, 5.41) is 0.260. The monoisotopic (exact) mass is 293 g/mol. The van der Waals surface area contributed by atoms with Crippen molar-refractivity contribution in [1.29, 1.82) is 0 Å². The average Bonchev–Trinajstić information content (AvgIpc) is 2.30. The van der Waals surface area contributed by atoms with E-state index in [9.17, 15) is 4.39 Å². The van der Waals surface area contributed by atoms with Gasteiger partial charge in [-0.15, -0.1) is 19.0 Å². The second-order valence-corrected chi connectivity index (χ2v) is 4.13. The summed E-state index contributed by atoms with van der Waals surface area (Å²) in [7, 11) is 0. The van der Waals surface area contributed by atoms with E-state index in [0.717, 1.165) is 6.42 Å². The first kappa shape index (κ1) is 17.2. The molecule has 0 heterocycles. The van der Waals surface area contributed by atoms with Gasteiger partial charge in [-0.1, -0.05) is 17.7 Å². The molecule has 0 amide bonds. The number of benzene rings is 1. The van der Waals surface area contributed by atoms with Crippen LogP contribution in [0.3, 0.4) is 0 Å². The van der Waals surface area contributed by atoms with Crippen LogP contribution in [0, 0.1) is 5.82 Å². The third-order valence-electron chi connectivity index (χ3n) is 2.42. The number of nitrogens with two attached hydrogens (primary N) is 1. The molecule has 5 heteroatoms. The van der Waals surface area contributed by atoms with Crippen molar-refractivity contribution < 1.29 is 9.13 Å². The maximum Gasteiger partial charge on any atom is 0.173 e. The minimum absolute atomic E-state index is 0. The molecule has 0 aliphatic carbocycles. The van der Waals surface area contributed by atoms with Crippen LogP contribution in [0.2, 0.25) is 5.02 Å². The second-order valence-electron chi connectivity index (χ2n) is 3.72. The number of allylic oxidation sites excluding steroid dienone is 1. The molecule has 2 N–H and O–H groups in total. The van der Waals surface area contributed by atoms with Crippen LogP contribution in [0.5, 0.6) is 5.75 Å². The third-order valence-corrected chi connectivity index (χ3v) is 2.70. The molecule has 1 atom stereocenters. The molecule has 0 spiro atoms. The van der Waals surface area contributed by atoms with Crippen LogP contribution in [0.4, 0.5) is 4.39 Å². The standard InChI is InChI=1S/C13H17ClFNO.ClH/c1-3-5-6-12(16)9-7-10(14)13(17-4-2)11(15)8-9;/h3,7-8,12H,1,4-6,16H2,2H3;1H/t12-;/m0./s1. The molecule has 102 valence electrons. The number of halogens is 3. The zero-order valence-corrected chi connectivity index (χ0v) is 11.9. The molecule has 0 saturated heterocycles. The smallest absolute Gasteiger partial charge is 0.173 e. The molecule has 0 radical (unpaired) electrons. The van der Waals surface area contributed by atoms with E-state index >= 15 is 0 Å². The van der Waals surface area contributed by atoms with E-state index in [1.165, 1.54) is 6.07 Å². The molecule has 2 nitrogen and oxygen atoms in total. The van der Waals surface area contributed by atoms with Crippen LogP contribution >= 0.6 is 24.0 Å². The lowest BCUT2D eigenvalue weighted by Gasteiger charge is -2.14. The Morgan fingerprint density at radius 3 is 2.72 bits per heavy atom. The van der Waals surface area contributed by atoms with Crippen molar-refractivity contribution >= 4 is 24.0 Å². The van der Waals surface area contributed by atoms with E-state index in [0.29, 0.717) is 18.6 Å². The van der Waals surface area contributed by atoms with E-state index in [2.05, 4.69) is 6.58 Å². The predicted molar refractivity (Wildman–Crippen MR) is 76.2 cm³/mol. The molecule has 0 bridgehead atoms. The summed E-state index contributed by atoms with van der Waals surface area (Å²) in [4.78, 5) is 0. The molecular weight excluding hydrogens is 276 g/mol. The van der Waals surface area contributed by atoms with E-state index in [-0.39, 0.29) is 29.2 Å². The fourth-order valence-corrected chi connectivity index (χ4v) is 1.81. The highest BCUT2D eigenvalue weighted by Crippen LogP contribution is 2.31. The first-order valence-corrected chi connectivity index (χ1v) is 5.96. The Morgan fingerprint density at radius 1 is 1.56 bits per heavy atom. The molecule has 18 heavy (non-hydrogen) atoms. The first-order chi connectivity index (χ1) is 8.10. The van der Waals surface area contributed by atoms with Gasteiger partial charge >= 0.3 is 0 Å². The van der Waals surface area contributed by atoms with Crippen LogP contribution in [-0.2, 0) is 0 Å². The van der Waals surface area contributed by atoms with E-state index < -0.39 is 5.82 Å². The van der Waals surface area contributed by atoms with Gasteiger partial charge in [0.15, 0.2) is 11.6 Å². The van der Waals surface area contributed by atoms with Crippen LogP contribution < -0.4 is 10.5 Å². The maximum atomic E-state index is 13.7. The van der Waals surface area contributed by atoms with Crippen LogP contribution in [0.1, 0.15) is 31.4 Å². The Bertz CT molecular complexity index is 376. The summed E-state index contributed by atoms with van der Waals surface area (Å²) >= 11 is 5.95. The normalized spacial score (nSPS) is 11.6. The van der Waals surface area contributed by atoms with Gasteiger partial charge in [0, 0.05) is 6.04 Å². The maximum absolute atomic E-state index is 13.7. The SMILES string of the molecule is C=CCC[C@H](N)c1cc(F)c(OCC)c(Cl)c1.Cl.